The Bertz CT molecular complexity index is 1080. The van der Waals surface area contributed by atoms with E-state index in [0.717, 1.165) is 51.7 Å². The SMILES string of the molecule is CN([C@H]1CCCN(CC(=O)N2CCCC2)C1=O)S(=O)(=O)c1cc2ccc(Cl)cc2s1. The van der Waals surface area contributed by atoms with Gasteiger partial charge in [-0.15, -0.1) is 11.3 Å². The maximum atomic E-state index is 13.2. The van der Waals surface area contributed by atoms with Crippen LogP contribution in [0.3, 0.4) is 0 Å². The number of carbonyl (C=O) groups is 2. The number of halogens is 1. The first-order valence-electron chi connectivity index (χ1n) is 10.0. The second-order valence-corrected chi connectivity index (χ2v) is 11.5. The number of carbonyl (C=O) groups excluding carboxylic acids is 2. The standard InChI is InChI=1S/C20H24ClN3O4S2/c1-22(30(27,28)19-11-14-6-7-15(21)12-17(14)29-19)16-5-4-10-24(20(16)26)13-18(25)23-8-2-3-9-23/h6-7,11-12,16H,2-5,8-10,13H2,1H3/t16-/m0/s1. The smallest absolute Gasteiger partial charge is 0.253 e. The summed E-state index contributed by atoms with van der Waals surface area (Å²) < 4.78 is 28.6. The predicted molar refractivity (Wildman–Crippen MR) is 117 cm³/mol. The molecule has 3 heterocycles. The van der Waals surface area contributed by atoms with Crippen molar-refractivity contribution in [2.45, 2.75) is 35.9 Å². The van der Waals surface area contributed by atoms with Crippen LogP contribution < -0.4 is 0 Å². The minimum Gasteiger partial charge on any atom is -0.341 e. The Kier molecular flexibility index (Phi) is 6.07. The van der Waals surface area contributed by atoms with Crippen molar-refractivity contribution in [3.05, 3.63) is 29.3 Å². The molecule has 2 aliphatic rings. The molecule has 7 nitrogen and oxygen atoms in total. The number of sulfonamides is 1. The van der Waals surface area contributed by atoms with Gasteiger partial charge in [-0.3, -0.25) is 9.59 Å². The Balaban J connectivity index is 1.52. The molecule has 2 aromatic rings. The van der Waals surface area contributed by atoms with Gasteiger partial charge in [-0.1, -0.05) is 17.7 Å². The van der Waals surface area contributed by atoms with Crippen LogP contribution in [0.15, 0.2) is 28.5 Å². The van der Waals surface area contributed by atoms with E-state index < -0.39 is 16.1 Å². The highest BCUT2D eigenvalue weighted by molar-refractivity contribution is 7.91. The van der Waals surface area contributed by atoms with E-state index in [9.17, 15) is 18.0 Å². The first kappa shape index (κ1) is 21.5. The number of likely N-dealkylation sites (tertiary alicyclic amines) is 2. The van der Waals surface area contributed by atoms with Crippen LogP contribution in [-0.2, 0) is 19.6 Å². The molecule has 0 spiro atoms. The molecule has 0 N–H and O–H groups in total. The van der Waals surface area contributed by atoms with Crippen molar-refractivity contribution in [1.82, 2.24) is 14.1 Å². The molecule has 10 heteroatoms. The molecule has 0 bridgehead atoms. The lowest BCUT2D eigenvalue weighted by molar-refractivity contribution is -0.144. The number of piperidine rings is 1. The summed E-state index contributed by atoms with van der Waals surface area (Å²) in [5.74, 6) is -0.363. The minimum absolute atomic E-state index is 0.0185. The average Bonchev–Trinajstić information content (AvgIpc) is 3.38. The van der Waals surface area contributed by atoms with E-state index in [0.29, 0.717) is 24.4 Å². The van der Waals surface area contributed by atoms with Crippen LogP contribution in [0.4, 0.5) is 0 Å². The maximum absolute atomic E-state index is 13.2. The van der Waals surface area contributed by atoms with Gasteiger partial charge in [-0.05, 0) is 49.3 Å². The van der Waals surface area contributed by atoms with Crippen molar-refractivity contribution in [1.29, 1.82) is 0 Å². The highest BCUT2D eigenvalue weighted by Crippen LogP contribution is 2.33. The lowest BCUT2D eigenvalue weighted by atomic mass is 10.1. The second kappa shape index (κ2) is 8.45. The third kappa shape index (κ3) is 4.08. The summed E-state index contributed by atoms with van der Waals surface area (Å²) in [6.45, 7) is 1.96. The number of rotatable bonds is 5. The molecule has 0 unspecified atom stereocenters. The van der Waals surface area contributed by atoms with Crippen molar-refractivity contribution in [2.75, 3.05) is 33.2 Å². The molecule has 2 fully saturated rings. The van der Waals surface area contributed by atoms with Crippen LogP contribution in [-0.4, -0.2) is 73.6 Å². The zero-order chi connectivity index (χ0) is 21.5. The summed E-state index contributed by atoms with van der Waals surface area (Å²) in [6, 6.07) is 6.05. The summed E-state index contributed by atoms with van der Waals surface area (Å²) in [5.41, 5.74) is 0. The van der Waals surface area contributed by atoms with E-state index >= 15 is 0 Å². The summed E-state index contributed by atoms with van der Waals surface area (Å²) in [5, 5.41) is 1.34. The molecule has 1 aromatic heterocycles. The average molecular weight is 470 g/mol. The third-order valence-electron chi connectivity index (χ3n) is 5.82. The summed E-state index contributed by atoms with van der Waals surface area (Å²) >= 11 is 7.16. The van der Waals surface area contributed by atoms with Crippen molar-refractivity contribution in [2.24, 2.45) is 0 Å². The van der Waals surface area contributed by atoms with E-state index in [2.05, 4.69) is 0 Å². The summed E-state index contributed by atoms with van der Waals surface area (Å²) in [4.78, 5) is 28.8. The van der Waals surface area contributed by atoms with Gasteiger partial charge in [0.1, 0.15) is 10.3 Å². The first-order chi connectivity index (χ1) is 14.3. The first-order valence-corrected chi connectivity index (χ1v) is 12.6. The Morgan fingerprint density at radius 2 is 1.93 bits per heavy atom. The van der Waals surface area contributed by atoms with E-state index in [1.165, 1.54) is 11.9 Å². The van der Waals surface area contributed by atoms with Crippen LogP contribution in [0.2, 0.25) is 5.02 Å². The van der Waals surface area contributed by atoms with Gasteiger partial charge in [-0.25, -0.2) is 8.42 Å². The predicted octanol–water partition coefficient (Wildman–Crippen LogP) is 2.79. The fraction of sp³-hybridized carbons (Fsp3) is 0.500. The molecular formula is C20H24ClN3O4S2. The Morgan fingerprint density at radius 3 is 2.67 bits per heavy atom. The van der Waals surface area contributed by atoms with Gasteiger partial charge in [0, 0.05) is 36.4 Å². The topological polar surface area (TPSA) is 78.0 Å². The van der Waals surface area contributed by atoms with E-state index in [4.69, 9.17) is 11.6 Å². The number of hydrogen-bond acceptors (Lipinski definition) is 5. The molecular weight excluding hydrogens is 446 g/mol. The molecule has 1 aromatic carbocycles. The Hall–Kier alpha value is -1.68. The molecule has 0 aliphatic carbocycles. The zero-order valence-corrected chi connectivity index (χ0v) is 19.1. The van der Waals surface area contributed by atoms with Crippen molar-refractivity contribution < 1.29 is 18.0 Å². The lowest BCUT2D eigenvalue weighted by Crippen LogP contribution is -2.54. The third-order valence-corrected chi connectivity index (χ3v) is 9.47. The normalized spacial score (nSPS) is 20.5. The quantitative estimate of drug-likeness (QED) is 0.674. The maximum Gasteiger partial charge on any atom is 0.253 e. The number of amides is 2. The van der Waals surface area contributed by atoms with Crippen molar-refractivity contribution in [3.8, 4) is 0 Å². The van der Waals surface area contributed by atoms with Crippen LogP contribution in [0.5, 0.6) is 0 Å². The largest absolute Gasteiger partial charge is 0.341 e. The van der Waals surface area contributed by atoms with E-state index in [1.807, 2.05) is 0 Å². The number of nitrogens with zero attached hydrogens (tertiary/aromatic N) is 3. The molecule has 162 valence electrons. The van der Waals surface area contributed by atoms with Gasteiger partial charge in [-0.2, -0.15) is 4.31 Å². The number of fused-ring (bicyclic) bond motifs is 1. The van der Waals surface area contributed by atoms with Crippen LogP contribution in [0.25, 0.3) is 10.1 Å². The number of thiophene rings is 1. The van der Waals surface area contributed by atoms with Gasteiger partial charge >= 0.3 is 0 Å². The van der Waals surface area contributed by atoms with Crippen molar-refractivity contribution >= 4 is 54.9 Å². The highest BCUT2D eigenvalue weighted by Gasteiger charge is 2.39. The van der Waals surface area contributed by atoms with Gasteiger partial charge < -0.3 is 9.80 Å². The fourth-order valence-corrected chi connectivity index (χ4v) is 7.26. The van der Waals surface area contributed by atoms with Gasteiger partial charge in [0.05, 0.1) is 6.54 Å². The van der Waals surface area contributed by atoms with Crippen molar-refractivity contribution in [3.63, 3.8) is 0 Å². The molecule has 1 atom stereocenters. The Labute approximate surface area is 185 Å². The second-order valence-electron chi connectivity index (χ2n) is 7.77. The zero-order valence-electron chi connectivity index (χ0n) is 16.7. The van der Waals surface area contributed by atoms with Gasteiger partial charge in [0.15, 0.2) is 0 Å². The molecule has 0 saturated carbocycles. The number of likely N-dealkylation sites (N-methyl/N-ethyl adjacent to an activating group) is 1. The van der Waals surface area contributed by atoms with Gasteiger partial charge in [0.2, 0.25) is 11.8 Å². The minimum atomic E-state index is -3.85. The van der Waals surface area contributed by atoms with E-state index in [-0.39, 0.29) is 22.6 Å². The molecule has 30 heavy (non-hydrogen) atoms. The van der Waals surface area contributed by atoms with Crippen LogP contribution >= 0.6 is 22.9 Å². The van der Waals surface area contributed by atoms with Crippen LogP contribution in [0.1, 0.15) is 25.7 Å². The van der Waals surface area contributed by atoms with Gasteiger partial charge in [0.25, 0.3) is 10.0 Å². The summed E-state index contributed by atoms with van der Waals surface area (Å²) in [6.07, 6.45) is 3.08. The number of benzene rings is 1. The molecule has 4 rings (SSSR count). The lowest BCUT2D eigenvalue weighted by Gasteiger charge is -2.36. The fourth-order valence-electron chi connectivity index (χ4n) is 4.06. The molecule has 2 saturated heterocycles. The Morgan fingerprint density at radius 1 is 1.20 bits per heavy atom. The van der Waals surface area contributed by atoms with E-state index in [1.54, 1.807) is 29.2 Å². The summed E-state index contributed by atoms with van der Waals surface area (Å²) in [7, 11) is -2.40. The molecule has 2 aliphatic heterocycles. The molecule has 2 amide bonds. The monoisotopic (exact) mass is 469 g/mol. The van der Waals surface area contributed by atoms with Crippen LogP contribution in [0, 0.1) is 0 Å². The molecule has 0 radical (unpaired) electrons. The number of hydrogen-bond donors (Lipinski definition) is 0. The highest BCUT2D eigenvalue weighted by atomic mass is 35.5.